The number of sulfonamides is 2. The van der Waals surface area contributed by atoms with Crippen LogP contribution in [-0.4, -0.2) is 22.6 Å². The maximum atomic E-state index is 11.8. The second-order valence-corrected chi connectivity index (χ2v) is 8.13. The van der Waals surface area contributed by atoms with Crippen molar-refractivity contribution < 1.29 is 16.8 Å². The molecule has 0 aliphatic heterocycles. The van der Waals surface area contributed by atoms with Gasteiger partial charge in [-0.2, -0.15) is 0 Å². The molecule has 19 heavy (non-hydrogen) atoms. The van der Waals surface area contributed by atoms with Gasteiger partial charge in [-0.05, 0) is 30.5 Å². The predicted molar refractivity (Wildman–Crippen MR) is 74.8 cm³/mol. The molecule has 0 amide bonds. The number of nitrogens with one attached hydrogen (secondary N) is 1. The molecule has 0 aromatic heterocycles. The number of primary sulfonamides is 1. The van der Waals surface area contributed by atoms with E-state index in [4.69, 9.17) is 5.14 Å². The molecule has 0 atom stereocenters. The monoisotopic (exact) mass is 306 g/mol. The summed E-state index contributed by atoms with van der Waals surface area (Å²) in [5.41, 5.74) is 0.854. The summed E-state index contributed by atoms with van der Waals surface area (Å²) in [7, 11) is -7.36. The first-order chi connectivity index (χ1) is 8.51. The Morgan fingerprint density at radius 3 is 2.26 bits per heavy atom. The van der Waals surface area contributed by atoms with Gasteiger partial charge in [0.05, 0.1) is 16.3 Å². The third kappa shape index (κ3) is 4.81. The van der Waals surface area contributed by atoms with E-state index in [1.54, 1.807) is 20.8 Å². The highest BCUT2D eigenvalue weighted by Crippen LogP contribution is 2.21. The van der Waals surface area contributed by atoms with E-state index < -0.39 is 20.0 Å². The summed E-state index contributed by atoms with van der Waals surface area (Å²) in [6.07, 6.45) is 0. The van der Waals surface area contributed by atoms with Crippen LogP contribution in [0.2, 0.25) is 0 Å². The Labute approximate surface area is 114 Å². The lowest BCUT2D eigenvalue weighted by atomic mass is 10.2. The van der Waals surface area contributed by atoms with Crippen molar-refractivity contribution in [3.05, 3.63) is 23.8 Å². The van der Waals surface area contributed by atoms with Gasteiger partial charge in [-0.15, -0.1) is 0 Å². The average Bonchev–Trinajstić information content (AvgIpc) is 2.17. The summed E-state index contributed by atoms with van der Waals surface area (Å²) in [5, 5.41) is 5.02. The first-order valence-corrected chi connectivity index (χ1v) is 8.85. The quantitative estimate of drug-likeness (QED) is 0.847. The minimum absolute atomic E-state index is 0.0285. The lowest BCUT2D eigenvalue weighted by Gasteiger charge is -2.13. The highest BCUT2D eigenvalue weighted by Gasteiger charge is 2.16. The molecule has 1 aromatic rings. The minimum atomic E-state index is -3.86. The van der Waals surface area contributed by atoms with Gasteiger partial charge in [0, 0.05) is 0 Å². The maximum absolute atomic E-state index is 11.8. The molecule has 0 bridgehead atoms. The zero-order chi connectivity index (χ0) is 14.8. The molecule has 0 saturated carbocycles. The Morgan fingerprint density at radius 1 is 1.21 bits per heavy atom. The number of hydrogen-bond acceptors (Lipinski definition) is 4. The van der Waals surface area contributed by atoms with Gasteiger partial charge in [0.2, 0.25) is 20.0 Å². The van der Waals surface area contributed by atoms with Crippen LogP contribution in [0.25, 0.3) is 0 Å². The third-order valence-electron chi connectivity index (χ3n) is 2.36. The number of benzene rings is 1. The van der Waals surface area contributed by atoms with Crippen molar-refractivity contribution in [3.8, 4) is 0 Å². The molecule has 0 radical (unpaired) electrons. The summed E-state index contributed by atoms with van der Waals surface area (Å²) in [6.45, 7) is 5.25. The van der Waals surface area contributed by atoms with Crippen LogP contribution >= 0.6 is 0 Å². The first-order valence-electron chi connectivity index (χ1n) is 5.65. The van der Waals surface area contributed by atoms with Gasteiger partial charge in [-0.25, -0.2) is 22.0 Å². The Balaban J connectivity index is 3.15. The van der Waals surface area contributed by atoms with Crippen molar-refractivity contribution in [1.82, 2.24) is 0 Å². The summed E-state index contributed by atoms with van der Waals surface area (Å²) >= 11 is 0. The molecular formula is C11H18N2O4S2. The van der Waals surface area contributed by atoms with Gasteiger partial charge in [-0.3, -0.25) is 4.72 Å². The summed E-state index contributed by atoms with van der Waals surface area (Å²) < 4.78 is 48.5. The van der Waals surface area contributed by atoms with E-state index in [9.17, 15) is 16.8 Å². The fourth-order valence-corrected chi connectivity index (χ4v) is 3.59. The zero-order valence-electron chi connectivity index (χ0n) is 11.0. The van der Waals surface area contributed by atoms with Crippen LogP contribution < -0.4 is 9.86 Å². The molecule has 0 aliphatic carbocycles. The van der Waals surface area contributed by atoms with Crippen molar-refractivity contribution in [2.45, 2.75) is 25.7 Å². The SMILES string of the molecule is Cc1ccc(S(N)(=O)=O)cc1NS(=O)(=O)CC(C)C. The molecule has 0 spiro atoms. The summed E-state index contributed by atoms with van der Waals surface area (Å²) in [4.78, 5) is -0.125. The largest absolute Gasteiger partial charge is 0.283 e. The number of anilines is 1. The van der Waals surface area contributed by atoms with Gasteiger partial charge in [0.1, 0.15) is 0 Å². The molecule has 0 saturated heterocycles. The second-order valence-electron chi connectivity index (χ2n) is 4.80. The highest BCUT2D eigenvalue weighted by molar-refractivity contribution is 7.92. The molecule has 0 fully saturated rings. The average molecular weight is 306 g/mol. The van der Waals surface area contributed by atoms with Crippen LogP contribution in [0.15, 0.2) is 23.1 Å². The Bertz CT molecular complexity index is 664. The van der Waals surface area contributed by atoms with Crippen LogP contribution in [0.4, 0.5) is 5.69 Å². The van der Waals surface area contributed by atoms with Crippen LogP contribution in [0.1, 0.15) is 19.4 Å². The Kier molecular flexibility index (Phi) is 4.59. The van der Waals surface area contributed by atoms with Crippen molar-refractivity contribution in [2.24, 2.45) is 11.1 Å². The lowest BCUT2D eigenvalue weighted by molar-refractivity contribution is 0.587. The highest BCUT2D eigenvalue weighted by atomic mass is 32.2. The standard InChI is InChI=1S/C11H18N2O4S2/c1-8(2)7-18(14,15)13-11-6-10(19(12,16)17)5-4-9(11)3/h4-6,8,13H,7H2,1-3H3,(H2,12,16,17). The molecule has 0 heterocycles. The molecule has 1 aromatic carbocycles. The Morgan fingerprint density at radius 2 is 1.79 bits per heavy atom. The van der Waals surface area contributed by atoms with Gasteiger partial charge in [-0.1, -0.05) is 19.9 Å². The van der Waals surface area contributed by atoms with Crippen LogP contribution in [0.5, 0.6) is 0 Å². The van der Waals surface area contributed by atoms with Crippen molar-refractivity contribution in [3.63, 3.8) is 0 Å². The van der Waals surface area contributed by atoms with Crippen LogP contribution in [-0.2, 0) is 20.0 Å². The predicted octanol–water partition coefficient (Wildman–Crippen LogP) is 1.04. The van der Waals surface area contributed by atoms with Crippen molar-refractivity contribution >= 4 is 25.7 Å². The van der Waals surface area contributed by atoms with Crippen molar-refractivity contribution in [1.29, 1.82) is 0 Å². The van der Waals surface area contributed by atoms with Crippen molar-refractivity contribution in [2.75, 3.05) is 10.5 Å². The van der Waals surface area contributed by atoms with Crippen LogP contribution in [0.3, 0.4) is 0 Å². The van der Waals surface area contributed by atoms with Crippen LogP contribution in [0, 0.1) is 12.8 Å². The number of rotatable bonds is 5. The topological polar surface area (TPSA) is 106 Å². The molecular weight excluding hydrogens is 288 g/mol. The zero-order valence-corrected chi connectivity index (χ0v) is 12.7. The smallest absolute Gasteiger partial charge is 0.238 e. The third-order valence-corrected chi connectivity index (χ3v) is 4.90. The second kappa shape index (κ2) is 5.48. The molecule has 0 unspecified atom stereocenters. The summed E-state index contributed by atoms with van der Waals surface area (Å²) in [6, 6.07) is 4.07. The normalized spacial score (nSPS) is 12.7. The fourth-order valence-electron chi connectivity index (χ4n) is 1.54. The van der Waals surface area contributed by atoms with E-state index in [1.165, 1.54) is 18.2 Å². The molecule has 6 nitrogen and oxygen atoms in total. The first kappa shape index (κ1) is 15.9. The molecule has 8 heteroatoms. The molecule has 1 rings (SSSR count). The van der Waals surface area contributed by atoms with Gasteiger partial charge >= 0.3 is 0 Å². The molecule has 0 aliphatic rings. The molecule has 108 valence electrons. The maximum Gasteiger partial charge on any atom is 0.238 e. The molecule has 3 N–H and O–H groups in total. The van der Waals surface area contributed by atoms with E-state index in [-0.39, 0.29) is 22.3 Å². The van der Waals surface area contributed by atoms with E-state index in [0.717, 1.165) is 0 Å². The summed E-state index contributed by atoms with van der Waals surface area (Å²) in [5.74, 6) is -0.0642. The van der Waals surface area contributed by atoms with Gasteiger partial charge in [0.15, 0.2) is 0 Å². The minimum Gasteiger partial charge on any atom is -0.283 e. The number of nitrogens with two attached hydrogens (primary N) is 1. The lowest BCUT2D eigenvalue weighted by Crippen LogP contribution is -2.21. The van der Waals surface area contributed by atoms with E-state index in [0.29, 0.717) is 5.56 Å². The van der Waals surface area contributed by atoms with E-state index in [1.807, 2.05) is 0 Å². The van der Waals surface area contributed by atoms with E-state index >= 15 is 0 Å². The van der Waals surface area contributed by atoms with E-state index in [2.05, 4.69) is 4.72 Å². The Hall–Kier alpha value is -1.12. The number of hydrogen-bond donors (Lipinski definition) is 2. The van der Waals surface area contributed by atoms with Gasteiger partial charge < -0.3 is 0 Å². The fraction of sp³-hybridized carbons (Fsp3) is 0.455. The number of aryl methyl sites for hydroxylation is 1. The van der Waals surface area contributed by atoms with Gasteiger partial charge in [0.25, 0.3) is 0 Å².